The van der Waals surface area contributed by atoms with Gasteiger partial charge >= 0.3 is 0 Å². The van der Waals surface area contributed by atoms with Crippen molar-refractivity contribution in [3.63, 3.8) is 0 Å². The molecule has 2 aliphatic heterocycles. The minimum Gasteiger partial charge on any atom is -0.490 e. The second-order valence-corrected chi connectivity index (χ2v) is 25.3. The van der Waals surface area contributed by atoms with Crippen molar-refractivity contribution >= 4 is 0 Å². The minimum absolute atomic E-state index is 0.432. The van der Waals surface area contributed by atoms with Crippen molar-refractivity contribution in [3.8, 4) is 0 Å². The lowest BCUT2D eigenvalue weighted by Gasteiger charge is -2.65. The van der Waals surface area contributed by atoms with E-state index in [1.165, 1.54) is 129 Å². The summed E-state index contributed by atoms with van der Waals surface area (Å²) in [6, 6.07) is 0.935. The lowest BCUT2D eigenvalue weighted by Crippen LogP contribution is -2.57. The minimum atomic E-state index is 0.432. The number of nitrogens with zero attached hydrogens (tertiary/aromatic N) is 1. The van der Waals surface area contributed by atoms with Crippen LogP contribution in [-0.2, 0) is 4.74 Å². The second kappa shape index (κ2) is 16.2. The predicted molar refractivity (Wildman–Crippen MR) is 241 cm³/mol. The normalized spacial score (nSPS) is 52.2. The van der Waals surface area contributed by atoms with E-state index in [-0.39, 0.29) is 0 Å². The SMILES string of the molecule is C=C1C=C([C@H]2CC[C@]3(C)C4CCC5C[C@@H](CC6C[C@@H](C)C(CC7C[C@@H](C)C(CC8CCN(C9CCC9)CC(C)C8)[C@@H](C)C7)[C@@H](C)C6)CC[C@]5(C)C4CC[C@]23C)CO1. The van der Waals surface area contributed by atoms with Crippen LogP contribution in [-0.4, -0.2) is 30.6 Å². The lowest BCUT2D eigenvalue weighted by molar-refractivity contribution is -0.156. The fourth-order valence-electron chi connectivity index (χ4n) is 18.8. The Hall–Kier alpha value is -0.760. The van der Waals surface area contributed by atoms with Crippen LogP contribution in [0.25, 0.3) is 0 Å². The summed E-state index contributed by atoms with van der Waals surface area (Å²) >= 11 is 0. The van der Waals surface area contributed by atoms with E-state index in [4.69, 9.17) is 4.74 Å². The van der Waals surface area contributed by atoms with Gasteiger partial charge in [-0.25, -0.2) is 0 Å². The van der Waals surface area contributed by atoms with Crippen molar-refractivity contribution in [2.75, 3.05) is 19.7 Å². The van der Waals surface area contributed by atoms with Gasteiger partial charge in [0, 0.05) is 12.6 Å². The van der Waals surface area contributed by atoms with Crippen LogP contribution >= 0.6 is 0 Å². The van der Waals surface area contributed by atoms with Gasteiger partial charge in [-0.1, -0.05) is 68.4 Å². The molecule has 322 valence electrons. The Labute approximate surface area is 353 Å². The first-order chi connectivity index (χ1) is 27.2. The Morgan fingerprint density at radius 1 is 0.632 bits per heavy atom. The van der Waals surface area contributed by atoms with E-state index < -0.39 is 0 Å². The Kier molecular flexibility index (Phi) is 11.8. The molecule has 57 heavy (non-hydrogen) atoms. The number of hydrogen-bond acceptors (Lipinski definition) is 2. The molecule has 18 atom stereocenters. The number of likely N-dealkylation sites (tertiary alicyclic amines) is 1. The first kappa shape index (κ1) is 41.6. The number of fused-ring (bicyclic) bond motifs is 5. The molecule has 7 aliphatic carbocycles. The van der Waals surface area contributed by atoms with Crippen molar-refractivity contribution < 1.29 is 4.74 Å². The lowest BCUT2D eigenvalue weighted by atomic mass is 9.40. The fourth-order valence-corrected chi connectivity index (χ4v) is 18.8. The largest absolute Gasteiger partial charge is 0.490 e. The molecule has 0 aromatic carbocycles. The Morgan fingerprint density at radius 3 is 1.89 bits per heavy atom. The molecule has 9 aliphatic rings. The van der Waals surface area contributed by atoms with E-state index in [1.54, 1.807) is 24.8 Å². The topological polar surface area (TPSA) is 12.5 Å². The van der Waals surface area contributed by atoms with E-state index in [0.29, 0.717) is 22.2 Å². The van der Waals surface area contributed by atoms with Gasteiger partial charge in [0.25, 0.3) is 0 Å². The molecule has 1 saturated heterocycles. The van der Waals surface area contributed by atoms with Crippen LogP contribution in [0, 0.1) is 105 Å². The van der Waals surface area contributed by atoms with Crippen molar-refractivity contribution in [3.05, 3.63) is 24.0 Å². The fraction of sp³-hybridized carbons (Fsp3) is 0.927. The number of ether oxygens (including phenoxy) is 1. The molecule has 2 heterocycles. The van der Waals surface area contributed by atoms with Gasteiger partial charge in [-0.15, -0.1) is 0 Å². The average Bonchev–Trinajstić information content (AvgIpc) is 3.62. The molecule has 2 heteroatoms. The van der Waals surface area contributed by atoms with Crippen LogP contribution in [0.15, 0.2) is 24.0 Å². The Balaban J connectivity index is 0.751. The molecule has 0 amide bonds. The molecule has 9 rings (SSSR count). The molecule has 0 aromatic heterocycles. The smallest absolute Gasteiger partial charge is 0.112 e. The number of rotatable bonds is 8. The Morgan fingerprint density at radius 2 is 1.26 bits per heavy atom. The highest BCUT2D eigenvalue weighted by Crippen LogP contribution is 2.74. The molecule has 8 fully saturated rings. The zero-order chi connectivity index (χ0) is 39.9. The van der Waals surface area contributed by atoms with Gasteiger partial charge in [0.1, 0.15) is 12.4 Å². The van der Waals surface area contributed by atoms with Crippen LogP contribution < -0.4 is 0 Å². The van der Waals surface area contributed by atoms with E-state index in [0.717, 1.165) is 101 Å². The van der Waals surface area contributed by atoms with Crippen molar-refractivity contribution in [1.29, 1.82) is 0 Å². The zero-order valence-corrected chi connectivity index (χ0v) is 38.8. The first-order valence-corrected chi connectivity index (χ1v) is 26.0. The highest BCUT2D eigenvalue weighted by Gasteiger charge is 2.66. The van der Waals surface area contributed by atoms with Gasteiger partial charge in [0.05, 0.1) is 0 Å². The highest BCUT2D eigenvalue weighted by atomic mass is 16.5. The van der Waals surface area contributed by atoms with Crippen LogP contribution in [0.5, 0.6) is 0 Å². The van der Waals surface area contributed by atoms with E-state index in [9.17, 15) is 0 Å². The summed E-state index contributed by atoms with van der Waals surface area (Å²) < 4.78 is 5.90. The molecule has 7 saturated carbocycles. The second-order valence-electron chi connectivity index (χ2n) is 25.3. The highest BCUT2D eigenvalue weighted by molar-refractivity contribution is 5.29. The summed E-state index contributed by atoms with van der Waals surface area (Å²) in [6.45, 7) is 29.3. The standard InChI is InChI=1S/C55H91NO/c1-35-23-42(18-22-56(33-35)47-11-10-12-47)31-48-38(4)26-44(27-39(48)5)32-49-36(2)24-43(25-37(49)3)29-41-15-19-53(7)46(30-41)13-14-52-51(53)17-21-54(8)50(16-20-55(52,54)9)45-28-40(6)57-34-45/h28,35-39,41-44,46-52H,6,10-27,29-34H2,1-5,7-9H3/t35?,36-,37+,38-,39+,41-,42?,43?,44?,46?,48?,49?,50-,51?,52?,53+,54-,55-/m1/s1. The summed E-state index contributed by atoms with van der Waals surface area (Å²) in [4.78, 5) is 2.91. The molecule has 0 bridgehead atoms. The van der Waals surface area contributed by atoms with Crippen LogP contribution in [0.1, 0.15) is 190 Å². The third-order valence-electron chi connectivity index (χ3n) is 22.2. The predicted octanol–water partition coefficient (Wildman–Crippen LogP) is 14.8. The molecule has 0 N–H and O–H groups in total. The van der Waals surface area contributed by atoms with Crippen LogP contribution in [0.3, 0.4) is 0 Å². The van der Waals surface area contributed by atoms with E-state index in [2.05, 4.69) is 72.9 Å². The summed E-state index contributed by atoms with van der Waals surface area (Å²) in [5.74, 6) is 15.0. The quantitative estimate of drug-likeness (QED) is 0.243. The van der Waals surface area contributed by atoms with Crippen molar-refractivity contribution in [2.45, 2.75) is 196 Å². The van der Waals surface area contributed by atoms with Crippen LogP contribution in [0.2, 0.25) is 0 Å². The first-order valence-electron chi connectivity index (χ1n) is 26.0. The molecular weight excluding hydrogens is 691 g/mol. The molecule has 0 aromatic rings. The monoisotopic (exact) mass is 782 g/mol. The molecule has 9 unspecified atom stereocenters. The van der Waals surface area contributed by atoms with Gasteiger partial charge in [0.2, 0.25) is 0 Å². The Bertz CT molecular complexity index is 1440. The van der Waals surface area contributed by atoms with Gasteiger partial charge in [-0.2, -0.15) is 0 Å². The summed E-state index contributed by atoms with van der Waals surface area (Å²) in [5, 5.41) is 0. The van der Waals surface area contributed by atoms with Crippen molar-refractivity contribution in [2.24, 2.45) is 105 Å². The maximum atomic E-state index is 5.90. The maximum Gasteiger partial charge on any atom is 0.112 e. The molecule has 0 spiro atoms. The third-order valence-corrected chi connectivity index (χ3v) is 22.2. The van der Waals surface area contributed by atoms with Gasteiger partial charge in [0.15, 0.2) is 0 Å². The van der Waals surface area contributed by atoms with Crippen molar-refractivity contribution in [1.82, 2.24) is 4.90 Å². The molecular formula is C55H91NO. The zero-order valence-electron chi connectivity index (χ0n) is 38.8. The number of allylic oxidation sites excluding steroid dienone is 1. The van der Waals surface area contributed by atoms with Crippen LogP contribution in [0.4, 0.5) is 0 Å². The van der Waals surface area contributed by atoms with Gasteiger partial charge < -0.3 is 9.64 Å². The van der Waals surface area contributed by atoms with E-state index in [1.807, 2.05) is 0 Å². The number of hydrogen-bond donors (Lipinski definition) is 0. The maximum absolute atomic E-state index is 5.90. The third kappa shape index (κ3) is 7.63. The molecule has 2 nitrogen and oxygen atoms in total. The summed E-state index contributed by atoms with van der Waals surface area (Å²) in [7, 11) is 0. The summed E-state index contributed by atoms with van der Waals surface area (Å²) in [6.07, 6.45) is 33.8. The average molecular weight is 782 g/mol. The van der Waals surface area contributed by atoms with Gasteiger partial charge in [-0.05, 0) is 252 Å². The van der Waals surface area contributed by atoms with Gasteiger partial charge in [-0.3, -0.25) is 0 Å². The summed E-state index contributed by atoms with van der Waals surface area (Å²) in [5.41, 5.74) is 3.07. The molecule has 0 radical (unpaired) electrons. The van der Waals surface area contributed by atoms with E-state index >= 15 is 0 Å².